The summed E-state index contributed by atoms with van der Waals surface area (Å²) >= 11 is 0. The third-order valence-electron chi connectivity index (χ3n) is 1.95. The van der Waals surface area contributed by atoms with Crippen LogP contribution in [0.5, 0.6) is 5.75 Å². The first-order valence-electron chi connectivity index (χ1n) is 4.29. The molecule has 0 aliphatic heterocycles. The van der Waals surface area contributed by atoms with Gasteiger partial charge in [0.1, 0.15) is 5.75 Å². The number of rotatable bonds is 2. The molecule has 0 saturated heterocycles. The van der Waals surface area contributed by atoms with Crippen LogP contribution in [-0.4, -0.2) is 10.9 Å². The number of phenols is 1. The molecule has 1 N–H and O–H groups in total. The fraction of sp³-hybridized carbons (Fsp3) is 0.300. The third-order valence-corrected chi connectivity index (χ3v) is 1.95. The Bertz CT molecular complexity index is 383. The summed E-state index contributed by atoms with van der Waals surface area (Å²) < 4.78 is 37.0. The fourth-order valence-corrected chi connectivity index (χ4v) is 1.14. The molecule has 0 aromatic heterocycles. The topological polar surface area (TPSA) is 37.3 Å². The highest BCUT2D eigenvalue weighted by Crippen LogP contribution is 2.36. The van der Waals surface area contributed by atoms with Crippen LogP contribution in [0.2, 0.25) is 0 Å². The number of hydrogen-bond donors (Lipinski definition) is 1. The normalized spacial score (nSPS) is 11.5. The van der Waals surface area contributed by atoms with Crippen molar-refractivity contribution in [1.29, 1.82) is 0 Å². The summed E-state index contributed by atoms with van der Waals surface area (Å²) in [6, 6.07) is 2.73. The number of Topliss-reactive ketones (excluding diaryl/α,β-unsaturated/α-hetero) is 1. The van der Waals surface area contributed by atoms with Crippen LogP contribution < -0.4 is 0 Å². The smallest absolute Gasteiger partial charge is 0.419 e. The largest absolute Gasteiger partial charge is 0.507 e. The Hall–Kier alpha value is -1.52. The Morgan fingerprint density at radius 2 is 2.00 bits per heavy atom. The van der Waals surface area contributed by atoms with E-state index >= 15 is 0 Å². The zero-order valence-electron chi connectivity index (χ0n) is 7.93. The summed E-state index contributed by atoms with van der Waals surface area (Å²) in [5.41, 5.74) is -1.22. The predicted octanol–water partition coefficient (Wildman–Crippen LogP) is 3.00. The Labute approximate surface area is 84.3 Å². The molecule has 1 aromatic rings. The number of halogens is 3. The first-order chi connectivity index (χ1) is 6.86. The lowest BCUT2D eigenvalue weighted by atomic mass is 10.0. The SMILES string of the molecule is CCC(=O)c1ccc(O)c(C(F)(F)F)c1. The average molecular weight is 218 g/mol. The maximum Gasteiger partial charge on any atom is 0.419 e. The number of aromatic hydroxyl groups is 1. The number of carbonyl (C=O) groups excluding carboxylic acids is 1. The quantitative estimate of drug-likeness (QED) is 0.774. The summed E-state index contributed by atoms with van der Waals surface area (Å²) in [7, 11) is 0. The van der Waals surface area contributed by atoms with Gasteiger partial charge in [-0.1, -0.05) is 6.92 Å². The van der Waals surface area contributed by atoms with E-state index in [4.69, 9.17) is 5.11 Å². The minimum atomic E-state index is -4.64. The molecule has 0 amide bonds. The zero-order valence-corrected chi connectivity index (χ0v) is 7.93. The highest BCUT2D eigenvalue weighted by atomic mass is 19.4. The van der Waals surface area contributed by atoms with E-state index in [0.29, 0.717) is 6.07 Å². The highest BCUT2D eigenvalue weighted by molar-refractivity contribution is 5.96. The van der Waals surface area contributed by atoms with Crippen LogP contribution in [-0.2, 0) is 6.18 Å². The van der Waals surface area contributed by atoms with E-state index in [1.165, 1.54) is 6.07 Å². The Morgan fingerprint density at radius 1 is 1.40 bits per heavy atom. The van der Waals surface area contributed by atoms with Crippen LogP contribution in [0.15, 0.2) is 18.2 Å². The van der Waals surface area contributed by atoms with Crippen LogP contribution in [0.25, 0.3) is 0 Å². The molecule has 2 nitrogen and oxygen atoms in total. The van der Waals surface area contributed by atoms with Gasteiger partial charge in [-0.2, -0.15) is 13.2 Å². The van der Waals surface area contributed by atoms with Crippen molar-refractivity contribution in [3.05, 3.63) is 29.3 Å². The molecular formula is C10H9F3O2. The van der Waals surface area contributed by atoms with E-state index in [2.05, 4.69) is 0 Å². The second-order valence-corrected chi connectivity index (χ2v) is 3.01. The Balaban J connectivity index is 3.23. The maximum absolute atomic E-state index is 12.3. The second kappa shape index (κ2) is 3.92. The van der Waals surface area contributed by atoms with Crippen molar-refractivity contribution in [2.24, 2.45) is 0 Å². The van der Waals surface area contributed by atoms with Gasteiger partial charge < -0.3 is 5.11 Å². The molecule has 0 atom stereocenters. The number of carbonyl (C=O) groups is 1. The predicted molar refractivity (Wildman–Crippen MR) is 47.7 cm³/mol. The molecule has 5 heteroatoms. The maximum atomic E-state index is 12.3. The van der Waals surface area contributed by atoms with Gasteiger partial charge in [0.25, 0.3) is 0 Å². The van der Waals surface area contributed by atoms with E-state index in [1.54, 1.807) is 6.92 Å². The van der Waals surface area contributed by atoms with Crippen molar-refractivity contribution < 1.29 is 23.1 Å². The highest BCUT2D eigenvalue weighted by Gasteiger charge is 2.34. The van der Waals surface area contributed by atoms with Crippen molar-refractivity contribution in [1.82, 2.24) is 0 Å². The van der Waals surface area contributed by atoms with Gasteiger partial charge >= 0.3 is 6.18 Å². The van der Waals surface area contributed by atoms with E-state index < -0.39 is 17.5 Å². The monoisotopic (exact) mass is 218 g/mol. The molecule has 0 heterocycles. The third kappa shape index (κ3) is 2.49. The van der Waals surface area contributed by atoms with Gasteiger partial charge in [-0.25, -0.2) is 0 Å². The van der Waals surface area contributed by atoms with Crippen LogP contribution in [0, 0.1) is 0 Å². The number of phenolic OH excluding ortho intramolecular Hbond substituents is 1. The number of benzene rings is 1. The molecule has 0 radical (unpaired) electrons. The molecule has 15 heavy (non-hydrogen) atoms. The van der Waals surface area contributed by atoms with Crippen molar-refractivity contribution in [2.45, 2.75) is 19.5 Å². The van der Waals surface area contributed by atoms with E-state index in [-0.39, 0.29) is 17.8 Å². The zero-order chi connectivity index (χ0) is 11.6. The van der Waals surface area contributed by atoms with Crippen LogP contribution in [0.3, 0.4) is 0 Å². The van der Waals surface area contributed by atoms with E-state index in [9.17, 15) is 18.0 Å². The molecule has 0 saturated carbocycles. The second-order valence-electron chi connectivity index (χ2n) is 3.01. The first kappa shape index (κ1) is 11.6. The van der Waals surface area contributed by atoms with Gasteiger partial charge in [0.05, 0.1) is 5.56 Å². The van der Waals surface area contributed by atoms with Crippen LogP contribution >= 0.6 is 0 Å². The number of ketones is 1. The fourth-order valence-electron chi connectivity index (χ4n) is 1.14. The molecule has 1 aromatic carbocycles. The molecule has 0 aliphatic rings. The number of hydrogen-bond acceptors (Lipinski definition) is 2. The van der Waals surface area contributed by atoms with Crippen molar-refractivity contribution in [2.75, 3.05) is 0 Å². The molecule has 0 spiro atoms. The number of alkyl halides is 3. The lowest BCUT2D eigenvalue weighted by Crippen LogP contribution is -2.07. The Morgan fingerprint density at radius 3 is 2.47 bits per heavy atom. The van der Waals surface area contributed by atoms with E-state index in [1.807, 2.05) is 0 Å². The molecule has 0 unspecified atom stereocenters. The summed E-state index contributed by atoms with van der Waals surface area (Å²) in [5, 5.41) is 8.99. The molecule has 82 valence electrons. The van der Waals surface area contributed by atoms with Crippen molar-refractivity contribution in [3.8, 4) is 5.75 Å². The van der Waals surface area contributed by atoms with Gasteiger partial charge in [0.15, 0.2) is 5.78 Å². The molecule has 0 bridgehead atoms. The standard InChI is InChI=1S/C10H9F3O2/c1-2-8(14)6-3-4-9(15)7(5-6)10(11,12)13/h3-5,15H,2H2,1H3. The van der Waals surface area contributed by atoms with Crippen molar-refractivity contribution >= 4 is 5.78 Å². The van der Waals surface area contributed by atoms with Crippen LogP contribution in [0.4, 0.5) is 13.2 Å². The summed E-state index contributed by atoms with van der Waals surface area (Å²) in [5.74, 6) is -1.25. The lowest BCUT2D eigenvalue weighted by molar-refractivity contribution is -0.138. The van der Waals surface area contributed by atoms with Gasteiger partial charge in [0.2, 0.25) is 0 Å². The van der Waals surface area contributed by atoms with Gasteiger partial charge in [-0.3, -0.25) is 4.79 Å². The summed E-state index contributed by atoms with van der Waals surface area (Å²) in [6.45, 7) is 1.56. The Kier molecular flexibility index (Phi) is 3.02. The van der Waals surface area contributed by atoms with Crippen molar-refractivity contribution in [3.63, 3.8) is 0 Å². The minimum absolute atomic E-state index is 0.0392. The molecule has 0 aliphatic carbocycles. The van der Waals surface area contributed by atoms with Crippen LogP contribution in [0.1, 0.15) is 29.3 Å². The lowest BCUT2D eigenvalue weighted by Gasteiger charge is -2.09. The summed E-state index contributed by atoms with van der Waals surface area (Å²) in [6.07, 6.45) is -4.52. The molecular weight excluding hydrogens is 209 g/mol. The van der Waals surface area contributed by atoms with E-state index in [0.717, 1.165) is 6.07 Å². The van der Waals surface area contributed by atoms with Gasteiger partial charge in [-0.05, 0) is 18.2 Å². The average Bonchev–Trinajstić information content (AvgIpc) is 2.15. The summed E-state index contributed by atoms with van der Waals surface area (Å²) in [4.78, 5) is 11.2. The van der Waals surface area contributed by atoms with Gasteiger partial charge in [0, 0.05) is 12.0 Å². The van der Waals surface area contributed by atoms with Gasteiger partial charge in [-0.15, -0.1) is 0 Å². The molecule has 1 rings (SSSR count). The minimum Gasteiger partial charge on any atom is -0.507 e. The molecule has 0 fully saturated rings. The first-order valence-corrected chi connectivity index (χ1v) is 4.29.